The number of hydrogen-bond donors (Lipinski definition) is 0. The van der Waals surface area contributed by atoms with E-state index in [0.717, 1.165) is 31.8 Å². The van der Waals surface area contributed by atoms with Crippen molar-refractivity contribution in [1.29, 1.82) is 0 Å². The molecule has 2 rings (SSSR count). The Morgan fingerprint density at radius 1 is 1.00 bits per heavy atom. The van der Waals surface area contributed by atoms with E-state index in [9.17, 15) is 4.79 Å². The molecule has 2 aliphatic rings. The number of ether oxygens (including phenoxy) is 3. The molecule has 25 heavy (non-hydrogen) atoms. The maximum absolute atomic E-state index is 12.0. The number of hydrogen-bond acceptors (Lipinski definition) is 4. The van der Waals surface area contributed by atoms with Gasteiger partial charge in [-0.05, 0) is 37.0 Å². The van der Waals surface area contributed by atoms with E-state index in [1.807, 2.05) is 0 Å². The molecular formula is C21H36O4. The predicted molar refractivity (Wildman–Crippen MR) is 99.4 cm³/mol. The Morgan fingerprint density at radius 2 is 1.76 bits per heavy atom. The fourth-order valence-corrected chi connectivity index (χ4v) is 3.98. The van der Waals surface area contributed by atoms with Gasteiger partial charge in [0.1, 0.15) is 6.61 Å². The van der Waals surface area contributed by atoms with E-state index in [0.29, 0.717) is 38.3 Å². The van der Waals surface area contributed by atoms with Crippen LogP contribution in [0.15, 0.2) is 12.2 Å². The molecule has 0 N–H and O–H groups in total. The molecule has 0 saturated heterocycles. The molecule has 1 saturated carbocycles. The molecule has 2 bridgehead atoms. The van der Waals surface area contributed by atoms with Gasteiger partial charge in [0.2, 0.25) is 0 Å². The van der Waals surface area contributed by atoms with Crippen molar-refractivity contribution in [2.24, 2.45) is 23.7 Å². The van der Waals surface area contributed by atoms with E-state index >= 15 is 0 Å². The summed E-state index contributed by atoms with van der Waals surface area (Å²) < 4.78 is 16.5. The second-order valence-electron chi connectivity index (χ2n) is 7.48. The van der Waals surface area contributed by atoms with Gasteiger partial charge in [-0.3, -0.25) is 4.79 Å². The predicted octanol–water partition coefficient (Wildman–Crippen LogP) is 4.38. The minimum absolute atomic E-state index is 0.0469. The molecule has 4 unspecified atom stereocenters. The molecule has 0 aromatic carbocycles. The monoisotopic (exact) mass is 352 g/mol. The number of unbranched alkanes of at least 4 members (excludes halogenated alkanes) is 1. The second-order valence-corrected chi connectivity index (χ2v) is 7.48. The van der Waals surface area contributed by atoms with E-state index < -0.39 is 0 Å². The molecule has 144 valence electrons. The van der Waals surface area contributed by atoms with Crippen LogP contribution in [-0.2, 0) is 19.0 Å². The highest BCUT2D eigenvalue weighted by atomic mass is 16.6. The van der Waals surface area contributed by atoms with Crippen molar-refractivity contribution >= 4 is 5.97 Å². The molecule has 0 spiro atoms. The molecule has 4 nitrogen and oxygen atoms in total. The highest BCUT2D eigenvalue weighted by Crippen LogP contribution is 2.43. The van der Waals surface area contributed by atoms with E-state index in [1.165, 1.54) is 25.7 Å². The first-order valence-electron chi connectivity index (χ1n) is 10.2. The third kappa shape index (κ3) is 7.10. The van der Waals surface area contributed by atoms with Crippen LogP contribution in [-0.4, -0.2) is 39.0 Å². The molecule has 0 amide bonds. The first-order chi connectivity index (χ1) is 12.2. The van der Waals surface area contributed by atoms with Crippen molar-refractivity contribution in [3.05, 3.63) is 12.2 Å². The standard InChI is InChI=1S/C21H36O4/c1-3-5-6-17(4-2)9-10-23-11-12-24-13-14-25-21(22)20-16-18-7-8-19(20)15-18/h7-8,17-20H,3-6,9-16H2,1-2H3. The lowest BCUT2D eigenvalue weighted by molar-refractivity contribution is -0.151. The molecule has 1 fully saturated rings. The highest BCUT2D eigenvalue weighted by Gasteiger charge is 2.40. The van der Waals surface area contributed by atoms with Gasteiger partial charge < -0.3 is 14.2 Å². The number of carbonyl (C=O) groups excluding carboxylic acids is 1. The molecule has 0 aromatic heterocycles. The van der Waals surface area contributed by atoms with E-state index in [2.05, 4.69) is 26.0 Å². The Labute approximate surface area is 153 Å². The van der Waals surface area contributed by atoms with Gasteiger partial charge >= 0.3 is 5.97 Å². The molecule has 0 heterocycles. The van der Waals surface area contributed by atoms with E-state index in [-0.39, 0.29) is 11.9 Å². The normalized spacial score (nSPS) is 25.4. The molecule has 0 aliphatic heterocycles. The fraction of sp³-hybridized carbons (Fsp3) is 0.857. The van der Waals surface area contributed by atoms with Crippen molar-refractivity contribution in [2.75, 3.05) is 33.0 Å². The minimum atomic E-state index is -0.0469. The zero-order valence-electron chi connectivity index (χ0n) is 16.1. The average Bonchev–Trinajstić information content (AvgIpc) is 3.26. The van der Waals surface area contributed by atoms with Gasteiger partial charge in [-0.15, -0.1) is 0 Å². The SMILES string of the molecule is CCCCC(CC)CCOCCOCCOC(=O)C1CC2C=CC1C2. The molecule has 0 aromatic rings. The number of rotatable bonds is 14. The summed E-state index contributed by atoms with van der Waals surface area (Å²) in [5.41, 5.74) is 0. The third-order valence-electron chi connectivity index (χ3n) is 5.64. The third-order valence-corrected chi connectivity index (χ3v) is 5.64. The summed E-state index contributed by atoms with van der Waals surface area (Å²) in [5.74, 6) is 1.84. The lowest BCUT2D eigenvalue weighted by Crippen LogP contribution is -2.23. The van der Waals surface area contributed by atoms with Gasteiger partial charge in [-0.1, -0.05) is 51.7 Å². The number of allylic oxidation sites excluding steroid dienone is 2. The Morgan fingerprint density at radius 3 is 2.40 bits per heavy atom. The molecule has 4 heteroatoms. The van der Waals surface area contributed by atoms with Crippen LogP contribution in [0.25, 0.3) is 0 Å². The highest BCUT2D eigenvalue weighted by molar-refractivity contribution is 5.74. The van der Waals surface area contributed by atoms with Crippen LogP contribution in [0.2, 0.25) is 0 Å². The van der Waals surface area contributed by atoms with Crippen LogP contribution in [0.5, 0.6) is 0 Å². The molecule has 4 atom stereocenters. The van der Waals surface area contributed by atoms with Crippen LogP contribution >= 0.6 is 0 Å². The summed E-state index contributed by atoms with van der Waals surface area (Å²) in [6, 6.07) is 0. The van der Waals surface area contributed by atoms with Crippen molar-refractivity contribution in [2.45, 2.75) is 58.8 Å². The largest absolute Gasteiger partial charge is 0.463 e. The van der Waals surface area contributed by atoms with Crippen LogP contribution in [0, 0.1) is 23.7 Å². The minimum Gasteiger partial charge on any atom is -0.463 e. The van der Waals surface area contributed by atoms with Gasteiger partial charge in [0.05, 0.1) is 25.7 Å². The summed E-state index contributed by atoms with van der Waals surface area (Å²) in [6.07, 6.45) is 12.8. The summed E-state index contributed by atoms with van der Waals surface area (Å²) in [4.78, 5) is 12.0. The Balaban J connectivity index is 1.38. The Bertz CT molecular complexity index is 407. The molecular weight excluding hydrogens is 316 g/mol. The van der Waals surface area contributed by atoms with Crippen LogP contribution in [0.4, 0.5) is 0 Å². The number of esters is 1. The summed E-state index contributed by atoms with van der Waals surface area (Å²) >= 11 is 0. The Kier molecular flexibility index (Phi) is 9.56. The maximum atomic E-state index is 12.0. The Hall–Kier alpha value is -0.870. The van der Waals surface area contributed by atoms with Crippen molar-refractivity contribution in [3.63, 3.8) is 0 Å². The zero-order valence-corrected chi connectivity index (χ0v) is 16.1. The van der Waals surface area contributed by atoms with Gasteiger partial charge in [0.15, 0.2) is 0 Å². The lowest BCUT2D eigenvalue weighted by Gasteiger charge is -2.16. The summed E-state index contributed by atoms with van der Waals surface area (Å²) in [5, 5.41) is 0. The second kappa shape index (κ2) is 11.7. The quantitative estimate of drug-likeness (QED) is 0.264. The first kappa shape index (κ1) is 20.4. The van der Waals surface area contributed by atoms with Crippen molar-refractivity contribution < 1.29 is 19.0 Å². The van der Waals surface area contributed by atoms with E-state index in [4.69, 9.17) is 14.2 Å². The number of fused-ring (bicyclic) bond motifs is 2. The topological polar surface area (TPSA) is 44.8 Å². The number of carbonyl (C=O) groups is 1. The molecule has 0 radical (unpaired) electrons. The van der Waals surface area contributed by atoms with Crippen LogP contribution in [0.3, 0.4) is 0 Å². The summed E-state index contributed by atoms with van der Waals surface area (Å²) in [6.45, 7) is 7.32. The maximum Gasteiger partial charge on any atom is 0.309 e. The van der Waals surface area contributed by atoms with Crippen molar-refractivity contribution in [3.8, 4) is 0 Å². The summed E-state index contributed by atoms with van der Waals surface area (Å²) in [7, 11) is 0. The molecule has 2 aliphatic carbocycles. The van der Waals surface area contributed by atoms with Gasteiger partial charge in [-0.25, -0.2) is 0 Å². The van der Waals surface area contributed by atoms with E-state index in [1.54, 1.807) is 0 Å². The van der Waals surface area contributed by atoms with Gasteiger partial charge in [0.25, 0.3) is 0 Å². The van der Waals surface area contributed by atoms with Crippen molar-refractivity contribution in [1.82, 2.24) is 0 Å². The zero-order chi connectivity index (χ0) is 17.9. The van der Waals surface area contributed by atoms with Gasteiger partial charge in [0, 0.05) is 6.61 Å². The van der Waals surface area contributed by atoms with Gasteiger partial charge in [-0.2, -0.15) is 0 Å². The first-order valence-corrected chi connectivity index (χ1v) is 10.2. The van der Waals surface area contributed by atoms with Crippen LogP contribution < -0.4 is 0 Å². The fourth-order valence-electron chi connectivity index (χ4n) is 3.98. The lowest BCUT2D eigenvalue weighted by atomic mass is 9.94. The smallest absolute Gasteiger partial charge is 0.309 e. The average molecular weight is 353 g/mol. The van der Waals surface area contributed by atoms with Crippen LogP contribution in [0.1, 0.15) is 58.8 Å².